The molecule has 4 heteroatoms. The number of rotatable bonds is 5. The SMILES string of the molecule is CC(C)NC(=O)CC1(C(=O)Nc2ccccc2)CCCC1. The van der Waals surface area contributed by atoms with Crippen molar-refractivity contribution < 1.29 is 9.59 Å². The summed E-state index contributed by atoms with van der Waals surface area (Å²) < 4.78 is 0. The van der Waals surface area contributed by atoms with Gasteiger partial charge in [0.1, 0.15) is 0 Å². The van der Waals surface area contributed by atoms with Crippen LogP contribution in [0.1, 0.15) is 46.0 Å². The molecule has 1 aliphatic rings. The molecule has 0 bridgehead atoms. The monoisotopic (exact) mass is 288 g/mol. The van der Waals surface area contributed by atoms with E-state index in [0.717, 1.165) is 31.4 Å². The predicted octanol–water partition coefficient (Wildman–Crippen LogP) is 3.10. The molecule has 1 aliphatic carbocycles. The highest BCUT2D eigenvalue weighted by Gasteiger charge is 2.42. The van der Waals surface area contributed by atoms with Crippen molar-refractivity contribution in [1.29, 1.82) is 0 Å². The zero-order valence-corrected chi connectivity index (χ0v) is 12.8. The summed E-state index contributed by atoms with van der Waals surface area (Å²) in [6, 6.07) is 9.54. The lowest BCUT2D eigenvalue weighted by Crippen LogP contribution is -2.40. The second kappa shape index (κ2) is 6.74. The Kier molecular flexibility index (Phi) is 4.99. The summed E-state index contributed by atoms with van der Waals surface area (Å²) in [5.74, 6) is -0.0554. The van der Waals surface area contributed by atoms with Gasteiger partial charge < -0.3 is 10.6 Å². The van der Waals surface area contributed by atoms with Gasteiger partial charge in [-0.15, -0.1) is 0 Å². The second-order valence-corrected chi connectivity index (χ2v) is 6.21. The number of hydrogen-bond donors (Lipinski definition) is 2. The number of benzene rings is 1. The number of nitrogens with one attached hydrogen (secondary N) is 2. The molecule has 4 nitrogen and oxygen atoms in total. The third-order valence-corrected chi connectivity index (χ3v) is 4.02. The molecule has 0 heterocycles. The van der Waals surface area contributed by atoms with E-state index < -0.39 is 5.41 Å². The molecule has 0 unspecified atom stereocenters. The van der Waals surface area contributed by atoms with Gasteiger partial charge in [-0.2, -0.15) is 0 Å². The third kappa shape index (κ3) is 4.06. The van der Waals surface area contributed by atoms with Crippen LogP contribution in [0.15, 0.2) is 30.3 Å². The summed E-state index contributed by atoms with van der Waals surface area (Å²) in [6.45, 7) is 3.87. The molecule has 0 aliphatic heterocycles. The van der Waals surface area contributed by atoms with E-state index in [-0.39, 0.29) is 24.3 Å². The summed E-state index contributed by atoms with van der Waals surface area (Å²) in [5.41, 5.74) is 0.243. The Bertz CT molecular complexity index is 491. The maximum atomic E-state index is 12.7. The van der Waals surface area contributed by atoms with Gasteiger partial charge in [0.05, 0.1) is 5.41 Å². The lowest BCUT2D eigenvalue weighted by molar-refractivity contribution is -0.132. The fraction of sp³-hybridized carbons (Fsp3) is 0.529. The number of amides is 2. The van der Waals surface area contributed by atoms with Crippen molar-refractivity contribution in [1.82, 2.24) is 5.32 Å². The zero-order chi connectivity index (χ0) is 15.3. The van der Waals surface area contributed by atoms with Crippen molar-refractivity contribution in [2.24, 2.45) is 5.41 Å². The number of carbonyl (C=O) groups is 2. The van der Waals surface area contributed by atoms with E-state index in [9.17, 15) is 9.59 Å². The fourth-order valence-corrected chi connectivity index (χ4v) is 3.00. The zero-order valence-electron chi connectivity index (χ0n) is 12.8. The van der Waals surface area contributed by atoms with Gasteiger partial charge in [0.25, 0.3) is 0 Å². The van der Waals surface area contributed by atoms with Crippen molar-refractivity contribution in [3.63, 3.8) is 0 Å². The molecule has 1 saturated carbocycles. The third-order valence-electron chi connectivity index (χ3n) is 4.02. The van der Waals surface area contributed by atoms with E-state index in [1.54, 1.807) is 0 Å². The summed E-state index contributed by atoms with van der Waals surface area (Å²) in [4.78, 5) is 24.7. The Balaban J connectivity index is 2.07. The molecule has 21 heavy (non-hydrogen) atoms. The van der Waals surface area contributed by atoms with Crippen molar-refractivity contribution >= 4 is 17.5 Å². The van der Waals surface area contributed by atoms with Crippen LogP contribution in [0.25, 0.3) is 0 Å². The summed E-state index contributed by atoms with van der Waals surface area (Å²) in [5, 5.41) is 5.86. The van der Waals surface area contributed by atoms with Gasteiger partial charge in [-0.05, 0) is 38.8 Å². The van der Waals surface area contributed by atoms with Crippen LogP contribution < -0.4 is 10.6 Å². The smallest absolute Gasteiger partial charge is 0.231 e. The van der Waals surface area contributed by atoms with E-state index in [1.807, 2.05) is 44.2 Å². The van der Waals surface area contributed by atoms with E-state index in [4.69, 9.17) is 0 Å². The van der Waals surface area contributed by atoms with Crippen molar-refractivity contribution in [3.05, 3.63) is 30.3 Å². The summed E-state index contributed by atoms with van der Waals surface area (Å²) >= 11 is 0. The van der Waals surface area contributed by atoms with Crippen LogP contribution in [0, 0.1) is 5.41 Å². The maximum Gasteiger partial charge on any atom is 0.231 e. The highest BCUT2D eigenvalue weighted by molar-refractivity contribution is 5.98. The van der Waals surface area contributed by atoms with Gasteiger partial charge in [-0.1, -0.05) is 31.0 Å². The minimum absolute atomic E-state index is 0.0230. The predicted molar refractivity (Wildman–Crippen MR) is 83.9 cm³/mol. The van der Waals surface area contributed by atoms with Crippen LogP contribution in [0.4, 0.5) is 5.69 Å². The number of anilines is 1. The highest BCUT2D eigenvalue weighted by atomic mass is 16.2. The topological polar surface area (TPSA) is 58.2 Å². The first kappa shape index (κ1) is 15.5. The van der Waals surface area contributed by atoms with Crippen molar-refractivity contribution in [3.8, 4) is 0 Å². The van der Waals surface area contributed by atoms with Crippen LogP contribution in [-0.2, 0) is 9.59 Å². The molecule has 1 aromatic carbocycles. The molecule has 0 radical (unpaired) electrons. The molecule has 0 aromatic heterocycles. The Labute approximate surface area is 126 Å². The van der Waals surface area contributed by atoms with E-state index in [1.165, 1.54) is 0 Å². The first-order valence-electron chi connectivity index (χ1n) is 7.68. The molecule has 2 rings (SSSR count). The van der Waals surface area contributed by atoms with Gasteiger partial charge in [-0.25, -0.2) is 0 Å². The molecule has 1 aromatic rings. The Morgan fingerprint density at radius 3 is 2.33 bits per heavy atom. The number of carbonyl (C=O) groups excluding carboxylic acids is 2. The molecular formula is C17H24N2O2. The molecule has 1 fully saturated rings. The van der Waals surface area contributed by atoms with Gasteiger partial charge in [0, 0.05) is 18.2 Å². The maximum absolute atomic E-state index is 12.7. The number of hydrogen-bond acceptors (Lipinski definition) is 2. The fourth-order valence-electron chi connectivity index (χ4n) is 3.00. The first-order valence-corrected chi connectivity index (χ1v) is 7.68. The lowest BCUT2D eigenvalue weighted by Gasteiger charge is -2.27. The van der Waals surface area contributed by atoms with Crippen LogP contribution in [0.2, 0.25) is 0 Å². The molecule has 114 valence electrons. The largest absolute Gasteiger partial charge is 0.354 e. The lowest BCUT2D eigenvalue weighted by atomic mass is 9.81. The average molecular weight is 288 g/mol. The van der Waals surface area contributed by atoms with Crippen LogP contribution in [-0.4, -0.2) is 17.9 Å². The van der Waals surface area contributed by atoms with Gasteiger partial charge in [0.15, 0.2) is 0 Å². The average Bonchev–Trinajstić information content (AvgIpc) is 2.88. The van der Waals surface area contributed by atoms with Crippen LogP contribution >= 0.6 is 0 Å². The minimum atomic E-state index is -0.547. The minimum Gasteiger partial charge on any atom is -0.354 e. The Hall–Kier alpha value is -1.84. The van der Waals surface area contributed by atoms with E-state index in [2.05, 4.69) is 10.6 Å². The quantitative estimate of drug-likeness (QED) is 0.874. The molecule has 0 spiro atoms. The van der Waals surface area contributed by atoms with Crippen molar-refractivity contribution in [2.45, 2.75) is 52.0 Å². The summed E-state index contributed by atoms with van der Waals surface area (Å²) in [6.07, 6.45) is 3.88. The standard InChI is InChI=1S/C17H24N2O2/c1-13(2)18-15(20)12-17(10-6-7-11-17)16(21)19-14-8-4-3-5-9-14/h3-5,8-9,13H,6-7,10-12H2,1-2H3,(H,18,20)(H,19,21). The molecule has 0 atom stereocenters. The van der Waals surface area contributed by atoms with Gasteiger partial charge in [-0.3, -0.25) is 9.59 Å². The van der Waals surface area contributed by atoms with Crippen LogP contribution in [0.5, 0.6) is 0 Å². The normalized spacial score (nSPS) is 16.7. The first-order chi connectivity index (χ1) is 10.0. The number of para-hydroxylation sites is 1. The molecule has 0 saturated heterocycles. The van der Waals surface area contributed by atoms with Gasteiger partial charge >= 0.3 is 0 Å². The van der Waals surface area contributed by atoms with Gasteiger partial charge in [0.2, 0.25) is 11.8 Å². The second-order valence-electron chi connectivity index (χ2n) is 6.21. The van der Waals surface area contributed by atoms with E-state index >= 15 is 0 Å². The highest BCUT2D eigenvalue weighted by Crippen LogP contribution is 2.42. The summed E-state index contributed by atoms with van der Waals surface area (Å²) in [7, 11) is 0. The van der Waals surface area contributed by atoms with Crippen LogP contribution in [0.3, 0.4) is 0 Å². The van der Waals surface area contributed by atoms with E-state index in [0.29, 0.717) is 0 Å². The molecular weight excluding hydrogens is 264 g/mol. The van der Waals surface area contributed by atoms with Crippen molar-refractivity contribution in [2.75, 3.05) is 5.32 Å². The Morgan fingerprint density at radius 2 is 1.76 bits per heavy atom. The Morgan fingerprint density at radius 1 is 1.14 bits per heavy atom. The molecule has 2 N–H and O–H groups in total. The molecule has 2 amide bonds.